The molecule has 2 heterocycles. The molecular formula is C16H20N4O. The highest BCUT2D eigenvalue weighted by molar-refractivity contribution is 5.66. The molecule has 2 aromatic rings. The monoisotopic (exact) mass is 284 g/mol. The zero-order chi connectivity index (χ0) is 14.8. The molecule has 1 saturated carbocycles. The van der Waals surface area contributed by atoms with Gasteiger partial charge in [0, 0.05) is 22.7 Å². The van der Waals surface area contributed by atoms with Crippen molar-refractivity contribution in [2.45, 2.75) is 44.9 Å². The van der Waals surface area contributed by atoms with Crippen LogP contribution in [0, 0.1) is 5.41 Å². The Morgan fingerprint density at radius 1 is 1.29 bits per heavy atom. The topological polar surface area (TPSA) is 63.7 Å². The van der Waals surface area contributed by atoms with Crippen LogP contribution in [0.5, 0.6) is 5.88 Å². The molecule has 5 heteroatoms. The molecule has 2 aromatic heterocycles. The van der Waals surface area contributed by atoms with E-state index >= 15 is 0 Å². The number of fused-ring (bicyclic) bond motifs is 5. The standard InChI is InChI=1S/C16H20N4O/c1-15(2)9-5-6-16(15,3)14-12(9)13(19-20-14)10-7-11(21-4)18-8-17-10/h7-9H,5-6H2,1-4H3,(H,19,20). The number of ether oxygens (including phenoxy) is 1. The average Bonchev–Trinajstić information content (AvgIpc) is 3.05. The van der Waals surface area contributed by atoms with E-state index in [1.54, 1.807) is 7.11 Å². The molecule has 21 heavy (non-hydrogen) atoms. The van der Waals surface area contributed by atoms with Gasteiger partial charge >= 0.3 is 0 Å². The molecular weight excluding hydrogens is 264 g/mol. The van der Waals surface area contributed by atoms with Crippen LogP contribution in [0.4, 0.5) is 0 Å². The number of methoxy groups -OCH3 is 1. The van der Waals surface area contributed by atoms with Crippen LogP contribution in [0.15, 0.2) is 12.4 Å². The molecule has 0 radical (unpaired) electrons. The maximum Gasteiger partial charge on any atom is 0.216 e. The summed E-state index contributed by atoms with van der Waals surface area (Å²) in [7, 11) is 1.62. The van der Waals surface area contributed by atoms with Crippen molar-refractivity contribution >= 4 is 0 Å². The van der Waals surface area contributed by atoms with Crippen LogP contribution in [0.25, 0.3) is 11.4 Å². The number of hydrogen-bond donors (Lipinski definition) is 1. The summed E-state index contributed by atoms with van der Waals surface area (Å²) in [5.74, 6) is 1.12. The minimum Gasteiger partial charge on any atom is -0.481 e. The molecule has 2 aliphatic rings. The van der Waals surface area contributed by atoms with Crippen LogP contribution in [0.2, 0.25) is 0 Å². The van der Waals surface area contributed by atoms with E-state index in [1.165, 1.54) is 30.4 Å². The number of aromatic nitrogens is 4. The van der Waals surface area contributed by atoms with Crippen LogP contribution in [-0.2, 0) is 5.41 Å². The third-order valence-electron chi connectivity index (χ3n) is 6.02. The summed E-state index contributed by atoms with van der Waals surface area (Å²) in [5, 5.41) is 7.86. The molecule has 2 bridgehead atoms. The van der Waals surface area contributed by atoms with Crippen molar-refractivity contribution in [1.82, 2.24) is 20.2 Å². The summed E-state index contributed by atoms with van der Waals surface area (Å²) in [5.41, 5.74) is 4.92. The number of aromatic amines is 1. The van der Waals surface area contributed by atoms with Crippen LogP contribution >= 0.6 is 0 Å². The van der Waals surface area contributed by atoms with Gasteiger partial charge in [0.15, 0.2) is 0 Å². The third-order valence-corrected chi connectivity index (χ3v) is 6.02. The largest absolute Gasteiger partial charge is 0.481 e. The van der Waals surface area contributed by atoms with Gasteiger partial charge in [0.25, 0.3) is 0 Å². The van der Waals surface area contributed by atoms with Gasteiger partial charge in [-0.3, -0.25) is 5.10 Å². The summed E-state index contributed by atoms with van der Waals surface area (Å²) in [6.45, 7) is 7.12. The lowest BCUT2D eigenvalue weighted by molar-refractivity contribution is 0.225. The van der Waals surface area contributed by atoms with E-state index < -0.39 is 0 Å². The molecule has 4 rings (SSSR count). The molecule has 1 fully saturated rings. The predicted molar refractivity (Wildman–Crippen MR) is 79.3 cm³/mol. The van der Waals surface area contributed by atoms with Crippen LogP contribution in [-0.4, -0.2) is 27.3 Å². The van der Waals surface area contributed by atoms with Gasteiger partial charge in [-0.05, 0) is 24.2 Å². The van der Waals surface area contributed by atoms with Crippen molar-refractivity contribution in [1.29, 1.82) is 0 Å². The van der Waals surface area contributed by atoms with Gasteiger partial charge in [-0.1, -0.05) is 20.8 Å². The third kappa shape index (κ3) is 1.39. The van der Waals surface area contributed by atoms with Crippen LogP contribution < -0.4 is 4.74 Å². The van der Waals surface area contributed by atoms with Gasteiger partial charge in [-0.25, -0.2) is 9.97 Å². The SMILES string of the molecule is COc1cc(-c2n[nH]c3c2C2CCC3(C)C2(C)C)ncn1. The zero-order valence-electron chi connectivity index (χ0n) is 12.9. The van der Waals surface area contributed by atoms with Crippen molar-refractivity contribution in [3.8, 4) is 17.3 Å². The van der Waals surface area contributed by atoms with Crippen molar-refractivity contribution < 1.29 is 4.74 Å². The smallest absolute Gasteiger partial charge is 0.216 e. The Morgan fingerprint density at radius 3 is 2.86 bits per heavy atom. The van der Waals surface area contributed by atoms with Gasteiger partial charge in [-0.2, -0.15) is 5.10 Å². The van der Waals surface area contributed by atoms with Gasteiger partial charge < -0.3 is 4.74 Å². The van der Waals surface area contributed by atoms with Crippen molar-refractivity contribution in [3.05, 3.63) is 23.7 Å². The van der Waals surface area contributed by atoms with E-state index in [2.05, 4.69) is 40.9 Å². The first kappa shape index (κ1) is 12.8. The Labute approximate surface area is 124 Å². The van der Waals surface area contributed by atoms with Crippen LogP contribution in [0.3, 0.4) is 0 Å². The molecule has 2 unspecified atom stereocenters. The molecule has 5 nitrogen and oxygen atoms in total. The highest BCUT2D eigenvalue weighted by atomic mass is 16.5. The highest BCUT2D eigenvalue weighted by Crippen LogP contribution is 2.68. The van der Waals surface area contributed by atoms with Gasteiger partial charge in [0.05, 0.1) is 12.8 Å². The molecule has 2 aliphatic carbocycles. The molecule has 0 spiro atoms. The summed E-state index contributed by atoms with van der Waals surface area (Å²) in [6, 6.07) is 1.86. The van der Waals surface area contributed by atoms with E-state index in [9.17, 15) is 0 Å². The number of nitrogens with zero attached hydrogens (tertiary/aromatic N) is 3. The predicted octanol–water partition coefficient (Wildman–Crippen LogP) is 3.05. The maximum absolute atomic E-state index is 5.21. The Hall–Kier alpha value is -1.91. The summed E-state index contributed by atoms with van der Waals surface area (Å²) >= 11 is 0. The van der Waals surface area contributed by atoms with E-state index in [0.717, 1.165) is 11.4 Å². The average molecular weight is 284 g/mol. The summed E-state index contributed by atoms with van der Waals surface area (Å²) in [4.78, 5) is 8.47. The lowest BCUT2D eigenvalue weighted by Crippen LogP contribution is -2.32. The molecule has 0 aromatic carbocycles. The number of rotatable bonds is 2. The minimum absolute atomic E-state index is 0.190. The molecule has 1 N–H and O–H groups in total. The fourth-order valence-electron chi connectivity index (χ4n) is 4.34. The van der Waals surface area contributed by atoms with E-state index in [1.807, 2.05) is 6.07 Å². The normalized spacial score (nSPS) is 28.7. The lowest BCUT2D eigenvalue weighted by atomic mass is 9.70. The highest BCUT2D eigenvalue weighted by Gasteiger charge is 2.61. The number of H-pyrrole nitrogens is 1. The lowest BCUT2D eigenvalue weighted by Gasteiger charge is -2.34. The van der Waals surface area contributed by atoms with E-state index in [0.29, 0.717) is 11.8 Å². The zero-order valence-corrected chi connectivity index (χ0v) is 12.9. The quantitative estimate of drug-likeness (QED) is 0.920. The molecule has 110 valence electrons. The first-order chi connectivity index (χ1) is 9.99. The van der Waals surface area contributed by atoms with Crippen molar-refractivity contribution in [2.24, 2.45) is 5.41 Å². The second-order valence-electron chi connectivity index (χ2n) is 6.95. The van der Waals surface area contributed by atoms with E-state index in [4.69, 9.17) is 4.74 Å². The minimum atomic E-state index is 0.190. The maximum atomic E-state index is 5.21. The number of hydrogen-bond acceptors (Lipinski definition) is 4. The molecule has 2 atom stereocenters. The second kappa shape index (κ2) is 3.84. The fraction of sp³-hybridized carbons (Fsp3) is 0.562. The Balaban J connectivity index is 1.90. The molecule has 0 amide bonds. The molecule has 0 aliphatic heterocycles. The van der Waals surface area contributed by atoms with Crippen molar-refractivity contribution in [2.75, 3.05) is 7.11 Å². The van der Waals surface area contributed by atoms with Gasteiger partial charge in [0.1, 0.15) is 12.0 Å². The first-order valence-electron chi connectivity index (χ1n) is 7.44. The summed E-state index contributed by atoms with van der Waals surface area (Å²) in [6.07, 6.45) is 3.99. The molecule has 0 saturated heterocycles. The van der Waals surface area contributed by atoms with Gasteiger partial charge in [0.2, 0.25) is 5.88 Å². The first-order valence-corrected chi connectivity index (χ1v) is 7.44. The summed E-state index contributed by atoms with van der Waals surface area (Å²) < 4.78 is 5.21. The van der Waals surface area contributed by atoms with Crippen LogP contribution in [0.1, 0.15) is 50.8 Å². The second-order valence-corrected chi connectivity index (χ2v) is 6.95. The number of nitrogens with one attached hydrogen (secondary N) is 1. The Bertz CT molecular complexity index is 721. The fourth-order valence-corrected chi connectivity index (χ4v) is 4.34. The van der Waals surface area contributed by atoms with Crippen molar-refractivity contribution in [3.63, 3.8) is 0 Å². The van der Waals surface area contributed by atoms with Gasteiger partial charge in [-0.15, -0.1) is 0 Å². The van der Waals surface area contributed by atoms with E-state index in [-0.39, 0.29) is 10.8 Å². The Kier molecular flexibility index (Phi) is 2.34. The Morgan fingerprint density at radius 2 is 2.10 bits per heavy atom.